The Balaban J connectivity index is 0.00000364. The number of aliphatic hydroxyl groups is 1. The van der Waals surface area contributed by atoms with Crippen LogP contribution in [0.5, 0.6) is 0 Å². The van der Waals surface area contributed by atoms with Gasteiger partial charge in [-0.15, -0.1) is 35.3 Å². The number of rotatable bonds is 9. The Labute approximate surface area is 184 Å². The maximum Gasteiger partial charge on any atom is 0.191 e. The van der Waals surface area contributed by atoms with E-state index >= 15 is 0 Å². The van der Waals surface area contributed by atoms with Gasteiger partial charge in [-0.25, -0.2) is 0 Å². The Kier molecular flexibility index (Phi) is 11.8. The number of ether oxygens (including phenoxy) is 1. The lowest BCUT2D eigenvalue weighted by molar-refractivity contribution is -0.0179. The average molecular weight is 510 g/mol. The van der Waals surface area contributed by atoms with Crippen LogP contribution in [0.2, 0.25) is 0 Å². The number of guanidine groups is 1. The number of hydrogen-bond acceptors (Lipinski definition) is 5. The fourth-order valence-corrected chi connectivity index (χ4v) is 3.87. The van der Waals surface area contributed by atoms with Crippen LogP contribution in [-0.4, -0.2) is 74.0 Å². The van der Waals surface area contributed by atoms with E-state index in [0.29, 0.717) is 19.0 Å². The molecule has 0 radical (unpaired) electrons. The normalized spacial score (nSPS) is 19.0. The van der Waals surface area contributed by atoms with Crippen molar-refractivity contribution >= 4 is 41.3 Å². The van der Waals surface area contributed by atoms with Crippen LogP contribution in [-0.2, 0) is 11.2 Å². The maximum atomic E-state index is 10.7. The van der Waals surface area contributed by atoms with Crippen LogP contribution in [0.1, 0.15) is 25.6 Å². The van der Waals surface area contributed by atoms with Crippen LogP contribution in [0.4, 0.5) is 0 Å². The molecule has 27 heavy (non-hydrogen) atoms. The fourth-order valence-electron chi connectivity index (χ4n) is 3.00. The van der Waals surface area contributed by atoms with Crippen LogP contribution in [0, 0.1) is 5.92 Å². The van der Waals surface area contributed by atoms with E-state index in [9.17, 15) is 5.11 Å². The van der Waals surface area contributed by atoms with Gasteiger partial charge in [0.25, 0.3) is 0 Å². The van der Waals surface area contributed by atoms with Crippen LogP contribution in [0.25, 0.3) is 0 Å². The number of nitrogens with one attached hydrogen (secondary N) is 2. The molecule has 1 aromatic heterocycles. The van der Waals surface area contributed by atoms with Gasteiger partial charge in [0, 0.05) is 37.6 Å². The lowest BCUT2D eigenvalue weighted by Gasteiger charge is -2.33. The van der Waals surface area contributed by atoms with Gasteiger partial charge in [0.2, 0.25) is 0 Å². The van der Waals surface area contributed by atoms with Crippen molar-refractivity contribution in [2.24, 2.45) is 10.9 Å². The van der Waals surface area contributed by atoms with Crippen LogP contribution < -0.4 is 10.6 Å². The molecule has 2 heterocycles. The van der Waals surface area contributed by atoms with Gasteiger partial charge in [-0.3, -0.25) is 9.89 Å². The first-order valence-electron chi connectivity index (χ1n) is 9.55. The minimum absolute atomic E-state index is 0. The van der Waals surface area contributed by atoms with E-state index in [4.69, 9.17) is 4.74 Å². The fraction of sp³-hybridized carbons (Fsp3) is 0.737. The van der Waals surface area contributed by atoms with E-state index in [1.807, 2.05) is 6.92 Å². The summed E-state index contributed by atoms with van der Waals surface area (Å²) in [6, 6.07) is 4.28. The smallest absolute Gasteiger partial charge is 0.191 e. The zero-order valence-electron chi connectivity index (χ0n) is 16.7. The molecule has 0 amide bonds. The molecule has 156 valence electrons. The van der Waals surface area contributed by atoms with Gasteiger partial charge in [-0.05, 0) is 37.6 Å². The van der Waals surface area contributed by atoms with E-state index in [-0.39, 0.29) is 24.0 Å². The van der Waals surface area contributed by atoms with Crippen LogP contribution in [0.15, 0.2) is 22.5 Å². The zero-order valence-corrected chi connectivity index (χ0v) is 19.9. The number of nitrogens with zero attached hydrogens (tertiary/aromatic N) is 2. The highest BCUT2D eigenvalue weighted by Crippen LogP contribution is 2.14. The van der Waals surface area contributed by atoms with Crippen LogP contribution >= 0.6 is 35.3 Å². The minimum Gasteiger partial charge on any atom is -0.387 e. The van der Waals surface area contributed by atoms with Gasteiger partial charge in [0.15, 0.2) is 5.96 Å². The van der Waals surface area contributed by atoms with Crippen molar-refractivity contribution in [3.05, 3.63) is 22.4 Å². The summed E-state index contributed by atoms with van der Waals surface area (Å²) in [5, 5.41) is 19.5. The Morgan fingerprint density at radius 1 is 1.41 bits per heavy atom. The zero-order chi connectivity index (χ0) is 18.8. The van der Waals surface area contributed by atoms with Crippen molar-refractivity contribution in [1.82, 2.24) is 15.5 Å². The summed E-state index contributed by atoms with van der Waals surface area (Å²) in [4.78, 5) is 8.26. The van der Waals surface area contributed by atoms with Gasteiger partial charge < -0.3 is 20.5 Å². The van der Waals surface area contributed by atoms with Gasteiger partial charge in [-0.1, -0.05) is 13.0 Å². The highest BCUT2D eigenvalue weighted by atomic mass is 127. The average Bonchev–Trinajstić information content (AvgIpc) is 3.11. The molecule has 8 heteroatoms. The quantitative estimate of drug-likeness (QED) is 0.270. The molecule has 2 rings (SSSR count). The Hall–Kier alpha value is -0.420. The van der Waals surface area contributed by atoms with Crippen molar-refractivity contribution in [1.29, 1.82) is 0 Å². The molecule has 0 aromatic carbocycles. The van der Waals surface area contributed by atoms with E-state index in [1.165, 1.54) is 4.88 Å². The van der Waals surface area contributed by atoms with E-state index in [1.54, 1.807) is 11.3 Å². The Morgan fingerprint density at radius 2 is 2.15 bits per heavy atom. The number of thiophene rings is 1. The first kappa shape index (κ1) is 24.6. The van der Waals surface area contributed by atoms with Crippen LogP contribution in [0.3, 0.4) is 0 Å². The van der Waals surface area contributed by atoms with Gasteiger partial charge in [0.1, 0.15) is 0 Å². The number of halogens is 1. The first-order chi connectivity index (χ1) is 12.5. The van der Waals surface area contributed by atoms with Gasteiger partial charge in [-0.2, -0.15) is 0 Å². The van der Waals surface area contributed by atoms with E-state index in [0.717, 1.165) is 51.8 Å². The molecule has 1 aromatic rings. The van der Waals surface area contributed by atoms with E-state index < -0.39 is 5.60 Å². The molecule has 6 nitrogen and oxygen atoms in total. The highest BCUT2D eigenvalue weighted by Gasteiger charge is 2.25. The Bertz CT molecular complexity index is 534. The number of β-amino-alcohol motifs (C(OH)–C–C–N with tert-alkyl or cyclic N) is 1. The summed E-state index contributed by atoms with van der Waals surface area (Å²) in [5.41, 5.74) is -0.845. The predicted molar refractivity (Wildman–Crippen MR) is 124 cm³/mol. The summed E-state index contributed by atoms with van der Waals surface area (Å²) < 4.78 is 5.37. The molecule has 0 spiro atoms. The second kappa shape index (κ2) is 12.9. The molecule has 0 bridgehead atoms. The number of morpholine rings is 1. The molecule has 0 aliphatic carbocycles. The molecule has 3 N–H and O–H groups in total. The predicted octanol–water partition coefficient (Wildman–Crippen LogP) is 2.18. The summed E-state index contributed by atoms with van der Waals surface area (Å²) in [6.07, 6.45) is 1.07. The second-order valence-corrected chi connectivity index (χ2v) is 8.38. The van der Waals surface area contributed by atoms with E-state index in [2.05, 4.69) is 51.9 Å². The minimum atomic E-state index is -0.845. The van der Waals surface area contributed by atoms with Crippen molar-refractivity contribution in [2.75, 3.05) is 52.5 Å². The summed E-state index contributed by atoms with van der Waals surface area (Å²) in [5.74, 6) is 1.29. The van der Waals surface area contributed by atoms with Gasteiger partial charge in [0.05, 0.1) is 25.4 Å². The monoisotopic (exact) mass is 510 g/mol. The molecule has 0 saturated carbocycles. The highest BCUT2D eigenvalue weighted by molar-refractivity contribution is 14.0. The third-order valence-corrected chi connectivity index (χ3v) is 5.24. The maximum absolute atomic E-state index is 10.7. The molecule has 1 aliphatic rings. The lowest BCUT2D eigenvalue weighted by Crippen LogP contribution is -2.48. The standard InChI is InChI=1S/C19H34N4O2S.HI/c1-4-20-18(21-13-16(2)12-17-6-5-11-26-17)22-14-19(3,24)15-23-7-9-25-10-8-23;/h5-6,11,16,24H,4,7-10,12-15H2,1-3H3,(H2,20,21,22);1H. The van der Waals surface area contributed by atoms with Crippen molar-refractivity contribution in [3.63, 3.8) is 0 Å². The molecule has 2 atom stereocenters. The SMILES string of the molecule is CCNC(=NCC(C)(O)CN1CCOCC1)NCC(C)Cc1cccs1.I. The van der Waals surface area contributed by atoms with Gasteiger partial charge >= 0.3 is 0 Å². The third-order valence-electron chi connectivity index (χ3n) is 4.34. The summed E-state index contributed by atoms with van der Waals surface area (Å²) in [6.45, 7) is 12.0. The second-order valence-electron chi connectivity index (χ2n) is 7.35. The topological polar surface area (TPSA) is 69.1 Å². The third kappa shape index (κ3) is 10.1. The summed E-state index contributed by atoms with van der Waals surface area (Å²) in [7, 11) is 0. The number of aliphatic imine (C=N–C) groups is 1. The molecule has 1 fully saturated rings. The van der Waals surface area contributed by atoms with Crippen molar-refractivity contribution in [2.45, 2.75) is 32.8 Å². The summed E-state index contributed by atoms with van der Waals surface area (Å²) >= 11 is 1.81. The molecule has 1 aliphatic heterocycles. The van der Waals surface area contributed by atoms with Crippen molar-refractivity contribution in [3.8, 4) is 0 Å². The number of hydrogen-bond donors (Lipinski definition) is 3. The molecular formula is C19H35IN4O2S. The van der Waals surface area contributed by atoms with Crippen molar-refractivity contribution < 1.29 is 9.84 Å². The molecule has 1 saturated heterocycles. The lowest BCUT2D eigenvalue weighted by atomic mass is 10.1. The molecular weight excluding hydrogens is 475 g/mol. The first-order valence-corrected chi connectivity index (χ1v) is 10.4. The molecule has 2 unspecified atom stereocenters. The Morgan fingerprint density at radius 3 is 2.78 bits per heavy atom. The largest absolute Gasteiger partial charge is 0.387 e.